The van der Waals surface area contributed by atoms with E-state index in [1.165, 1.54) is 0 Å². The Morgan fingerprint density at radius 2 is 2.31 bits per heavy atom. The van der Waals surface area contributed by atoms with Gasteiger partial charge in [0.05, 0.1) is 5.69 Å². The third-order valence-electron chi connectivity index (χ3n) is 1.33. The first-order valence-corrected chi connectivity index (χ1v) is 4.34. The molecule has 0 aliphatic heterocycles. The Balaban J connectivity index is 2.82. The second kappa shape index (κ2) is 3.94. The van der Waals surface area contributed by atoms with Crippen LogP contribution in [-0.2, 0) is 6.42 Å². The minimum absolute atomic E-state index is 0.335. The summed E-state index contributed by atoms with van der Waals surface area (Å²) in [6.07, 6.45) is 0.595. The van der Waals surface area contributed by atoms with Crippen molar-refractivity contribution in [3.8, 4) is 0 Å². The standard InChI is InChI=1S/C6H8N4O2S/c1-2-3-4(13-10-9-3)5(11)8-6(7)12/h2H2,1H3,(H3,7,8,11,12). The van der Waals surface area contributed by atoms with E-state index in [1.807, 2.05) is 12.2 Å². The summed E-state index contributed by atoms with van der Waals surface area (Å²) in [5.74, 6) is -0.542. The van der Waals surface area contributed by atoms with Gasteiger partial charge in [0.25, 0.3) is 5.91 Å². The Labute approximate surface area is 78.3 Å². The highest BCUT2D eigenvalue weighted by Gasteiger charge is 2.15. The van der Waals surface area contributed by atoms with E-state index >= 15 is 0 Å². The van der Waals surface area contributed by atoms with Crippen LogP contribution in [0.1, 0.15) is 22.3 Å². The normalized spacial score (nSPS) is 9.62. The number of carbonyl (C=O) groups excluding carboxylic acids is 2. The van der Waals surface area contributed by atoms with E-state index in [-0.39, 0.29) is 0 Å². The predicted molar refractivity (Wildman–Crippen MR) is 46.3 cm³/mol. The third-order valence-corrected chi connectivity index (χ3v) is 2.10. The molecule has 0 saturated heterocycles. The summed E-state index contributed by atoms with van der Waals surface area (Å²) in [6.45, 7) is 1.85. The lowest BCUT2D eigenvalue weighted by Crippen LogP contribution is -2.34. The molecule has 1 aromatic rings. The first-order valence-electron chi connectivity index (χ1n) is 3.57. The highest BCUT2D eigenvalue weighted by atomic mass is 32.1. The third kappa shape index (κ3) is 2.22. The van der Waals surface area contributed by atoms with Crippen molar-refractivity contribution in [1.82, 2.24) is 14.9 Å². The molecule has 3 N–H and O–H groups in total. The lowest BCUT2D eigenvalue weighted by atomic mass is 10.3. The topological polar surface area (TPSA) is 98.0 Å². The maximum atomic E-state index is 11.2. The van der Waals surface area contributed by atoms with Crippen LogP contribution in [0.4, 0.5) is 4.79 Å². The van der Waals surface area contributed by atoms with Gasteiger partial charge in [0.1, 0.15) is 4.88 Å². The van der Waals surface area contributed by atoms with Crippen molar-refractivity contribution in [2.45, 2.75) is 13.3 Å². The molecule has 1 heterocycles. The Kier molecular flexibility index (Phi) is 2.91. The summed E-state index contributed by atoms with van der Waals surface area (Å²) in [7, 11) is 0. The number of nitrogens with two attached hydrogens (primary N) is 1. The van der Waals surface area contributed by atoms with Crippen molar-refractivity contribution in [2.75, 3.05) is 0 Å². The minimum atomic E-state index is -0.875. The van der Waals surface area contributed by atoms with Crippen molar-refractivity contribution in [2.24, 2.45) is 5.73 Å². The largest absolute Gasteiger partial charge is 0.351 e. The molecule has 7 heteroatoms. The smallest absolute Gasteiger partial charge is 0.319 e. The quantitative estimate of drug-likeness (QED) is 0.697. The van der Waals surface area contributed by atoms with E-state index in [9.17, 15) is 9.59 Å². The number of primary amides is 1. The van der Waals surface area contributed by atoms with Crippen LogP contribution in [0.2, 0.25) is 0 Å². The van der Waals surface area contributed by atoms with Gasteiger partial charge in [0, 0.05) is 0 Å². The monoisotopic (exact) mass is 200 g/mol. The summed E-state index contributed by atoms with van der Waals surface area (Å²) in [5.41, 5.74) is 5.36. The predicted octanol–water partition coefficient (Wildman–Crippen LogP) is -0.0910. The number of nitrogens with zero attached hydrogens (tertiary/aromatic N) is 2. The molecule has 3 amide bonds. The van der Waals surface area contributed by atoms with Crippen molar-refractivity contribution in [3.63, 3.8) is 0 Å². The second-order valence-electron chi connectivity index (χ2n) is 2.22. The average Bonchev–Trinajstić information content (AvgIpc) is 2.49. The van der Waals surface area contributed by atoms with Gasteiger partial charge in [-0.25, -0.2) is 4.79 Å². The fraction of sp³-hybridized carbons (Fsp3) is 0.333. The van der Waals surface area contributed by atoms with Crippen molar-refractivity contribution in [3.05, 3.63) is 10.6 Å². The molecule has 0 aliphatic rings. The molecule has 0 fully saturated rings. The zero-order valence-electron chi connectivity index (χ0n) is 6.90. The van der Waals surface area contributed by atoms with Crippen LogP contribution >= 0.6 is 11.5 Å². The van der Waals surface area contributed by atoms with Crippen LogP contribution in [0.25, 0.3) is 0 Å². The molecule has 1 aromatic heterocycles. The number of aryl methyl sites for hydroxylation is 1. The van der Waals surface area contributed by atoms with Gasteiger partial charge in [0.15, 0.2) is 0 Å². The summed E-state index contributed by atoms with van der Waals surface area (Å²) in [4.78, 5) is 21.9. The van der Waals surface area contributed by atoms with Gasteiger partial charge in [-0.05, 0) is 18.0 Å². The van der Waals surface area contributed by atoms with E-state index in [4.69, 9.17) is 5.73 Å². The van der Waals surface area contributed by atoms with E-state index < -0.39 is 11.9 Å². The van der Waals surface area contributed by atoms with E-state index in [2.05, 4.69) is 9.59 Å². The molecule has 0 radical (unpaired) electrons. The Bertz CT molecular complexity index is 335. The van der Waals surface area contributed by atoms with Gasteiger partial charge in [0.2, 0.25) is 0 Å². The zero-order valence-corrected chi connectivity index (χ0v) is 7.72. The van der Waals surface area contributed by atoms with Crippen LogP contribution in [0.15, 0.2) is 0 Å². The highest BCUT2D eigenvalue weighted by Crippen LogP contribution is 2.10. The lowest BCUT2D eigenvalue weighted by molar-refractivity contribution is 0.0969. The van der Waals surface area contributed by atoms with Crippen LogP contribution in [0.5, 0.6) is 0 Å². The molecule has 0 unspecified atom stereocenters. The summed E-state index contributed by atoms with van der Waals surface area (Å²) in [6, 6.07) is -0.875. The van der Waals surface area contributed by atoms with Crippen molar-refractivity contribution < 1.29 is 9.59 Å². The van der Waals surface area contributed by atoms with Gasteiger partial charge in [-0.2, -0.15) is 0 Å². The van der Waals surface area contributed by atoms with Gasteiger partial charge in [-0.15, -0.1) is 5.10 Å². The molecular formula is C6H8N4O2S. The van der Waals surface area contributed by atoms with Crippen molar-refractivity contribution >= 4 is 23.5 Å². The van der Waals surface area contributed by atoms with Gasteiger partial charge in [-0.3, -0.25) is 10.1 Å². The van der Waals surface area contributed by atoms with Crippen LogP contribution in [-0.4, -0.2) is 21.5 Å². The van der Waals surface area contributed by atoms with E-state index in [0.29, 0.717) is 17.0 Å². The maximum absolute atomic E-state index is 11.2. The SMILES string of the molecule is CCc1nnsc1C(=O)NC(N)=O. The molecule has 0 saturated carbocycles. The lowest BCUT2D eigenvalue weighted by Gasteiger charge is -1.97. The van der Waals surface area contributed by atoms with Gasteiger partial charge in [-0.1, -0.05) is 11.4 Å². The Morgan fingerprint density at radius 1 is 1.62 bits per heavy atom. The molecular weight excluding hydrogens is 192 g/mol. The zero-order chi connectivity index (χ0) is 9.84. The van der Waals surface area contributed by atoms with Crippen LogP contribution in [0, 0.1) is 0 Å². The first kappa shape index (κ1) is 9.59. The molecule has 0 bridgehead atoms. The fourth-order valence-electron chi connectivity index (χ4n) is 0.781. The minimum Gasteiger partial charge on any atom is -0.351 e. The number of hydrogen-bond acceptors (Lipinski definition) is 5. The number of hydrogen-bond donors (Lipinski definition) is 2. The number of imide groups is 1. The number of amides is 3. The van der Waals surface area contributed by atoms with Crippen LogP contribution < -0.4 is 11.1 Å². The van der Waals surface area contributed by atoms with Crippen molar-refractivity contribution in [1.29, 1.82) is 0 Å². The van der Waals surface area contributed by atoms with E-state index in [0.717, 1.165) is 11.5 Å². The number of carbonyl (C=O) groups is 2. The van der Waals surface area contributed by atoms with Gasteiger partial charge < -0.3 is 5.73 Å². The summed E-state index contributed by atoms with van der Waals surface area (Å²) in [5, 5.41) is 5.67. The molecule has 6 nitrogen and oxygen atoms in total. The average molecular weight is 200 g/mol. The number of rotatable bonds is 2. The number of aromatic nitrogens is 2. The summed E-state index contributed by atoms with van der Waals surface area (Å²) < 4.78 is 3.60. The van der Waals surface area contributed by atoms with E-state index in [1.54, 1.807) is 0 Å². The number of nitrogens with one attached hydrogen (secondary N) is 1. The molecule has 1 rings (SSSR count). The first-order chi connectivity index (χ1) is 6.15. The molecule has 70 valence electrons. The molecule has 0 aromatic carbocycles. The second-order valence-corrected chi connectivity index (χ2v) is 2.97. The number of urea groups is 1. The Morgan fingerprint density at radius 3 is 2.85 bits per heavy atom. The molecule has 0 atom stereocenters. The van der Waals surface area contributed by atoms with Crippen LogP contribution in [0.3, 0.4) is 0 Å². The maximum Gasteiger partial charge on any atom is 0.319 e. The molecule has 0 spiro atoms. The molecule has 0 aliphatic carbocycles. The highest BCUT2D eigenvalue weighted by molar-refractivity contribution is 7.08. The summed E-state index contributed by atoms with van der Waals surface area (Å²) >= 11 is 0.943. The molecule has 13 heavy (non-hydrogen) atoms. The Hall–Kier alpha value is -1.50. The van der Waals surface area contributed by atoms with Gasteiger partial charge >= 0.3 is 6.03 Å². The fourth-order valence-corrected chi connectivity index (χ4v) is 1.43.